The molecule has 6 unspecified atom stereocenters. The number of unbranched alkanes of at least 4 members (excludes halogenated alkanes) is 23. The molecule has 0 bridgehead atoms. The van der Waals surface area contributed by atoms with Gasteiger partial charge in [-0.2, -0.15) is 0 Å². The van der Waals surface area contributed by atoms with Gasteiger partial charge in [-0.15, -0.1) is 0 Å². The highest BCUT2D eigenvalue weighted by Crippen LogP contribution is 2.23. The van der Waals surface area contributed by atoms with Crippen LogP contribution in [0, 0.1) is 0 Å². The van der Waals surface area contributed by atoms with Crippen LogP contribution in [0.4, 0.5) is 0 Å². The van der Waals surface area contributed by atoms with Gasteiger partial charge in [0.2, 0.25) is 0 Å². The zero-order valence-corrected chi connectivity index (χ0v) is 31.9. The smallest absolute Gasteiger partial charge is 0.306 e. The molecule has 0 radical (unpaired) electrons. The number of carbonyl (C=O) groups is 2. The second-order valence-electron chi connectivity index (χ2n) is 14.5. The van der Waals surface area contributed by atoms with Gasteiger partial charge in [-0.1, -0.05) is 162 Å². The fourth-order valence-electron chi connectivity index (χ4n) is 6.42. The number of carbonyl (C=O) groups excluding carboxylic acids is 2. The van der Waals surface area contributed by atoms with Crippen LogP contribution in [-0.4, -0.2) is 89.0 Å². The van der Waals surface area contributed by atoms with Crippen LogP contribution >= 0.6 is 0 Å². The van der Waals surface area contributed by atoms with Gasteiger partial charge in [0.05, 0.1) is 13.2 Å². The molecule has 1 rings (SSSR count). The highest BCUT2D eigenvalue weighted by Gasteiger charge is 2.44. The van der Waals surface area contributed by atoms with Gasteiger partial charge in [0, 0.05) is 12.8 Å². The molecule has 0 aromatic heterocycles. The Kier molecular flexibility index (Phi) is 30.2. The second kappa shape index (κ2) is 32.4. The van der Waals surface area contributed by atoms with Crippen molar-refractivity contribution in [2.45, 2.75) is 224 Å². The first-order valence-corrected chi connectivity index (χ1v) is 20.6. The first-order valence-electron chi connectivity index (χ1n) is 20.6. The average Bonchev–Trinajstić information content (AvgIpc) is 3.11. The summed E-state index contributed by atoms with van der Waals surface area (Å²) < 4.78 is 22.1. The Hall–Kier alpha value is -1.30. The predicted octanol–water partition coefficient (Wildman–Crippen LogP) is 7.83. The van der Waals surface area contributed by atoms with Gasteiger partial charge in [0.1, 0.15) is 31.0 Å². The van der Waals surface area contributed by atoms with Crippen LogP contribution in [0.3, 0.4) is 0 Å². The molecular formula is C40H76O10. The van der Waals surface area contributed by atoms with E-state index in [9.17, 15) is 30.0 Å². The Bertz CT molecular complexity index is 794. The number of ether oxygens (including phenoxy) is 4. The third-order valence-electron chi connectivity index (χ3n) is 9.74. The highest BCUT2D eigenvalue weighted by atomic mass is 16.7. The van der Waals surface area contributed by atoms with Gasteiger partial charge in [-0.3, -0.25) is 9.59 Å². The molecule has 0 aromatic rings. The Morgan fingerprint density at radius 1 is 0.540 bits per heavy atom. The molecule has 4 N–H and O–H groups in total. The van der Waals surface area contributed by atoms with E-state index in [1.54, 1.807) is 0 Å². The van der Waals surface area contributed by atoms with E-state index in [0.29, 0.717) is 6.42 Å². The van der Waals surface area contributed by atoms with Gasteiger partial charge < -0.3 is 39.4 Å². The topological polar surface area (TPSA) is 152 Å². The van der Waals surface area contributed by atoms with Gasteiger partial charge in [0.25, 0.3) is 0 Å². The van der Waals surface area contributed by atoms with Crippen molar-refractivity contribution in [1.29, 1.82) is 0 Å². The molecule has 10 heteroatoms. The maximum Gasteiger partial charge on any atom is 0.306 e. The summed E-state index contributed by atoms with van der Waals surface area (Å²) in [5, 5.41) is 39.9. The third kappa shape index (κ3) is 24.0. The van der Waals surface area contributed by atoms with Crippen molar-refractivity contribution < 1.29 is 49.0 Å². The summed E-state index contributed by atoms with van der Waals surface area (Å²) in [6.07, 6.45) is 22.6. The summed E-state index contributed by atoms with van der Waals surface area (Å²) >= 11 is 0. The molecule has 0 spiro atoms. The van der Waals surface area contributed by atoms with Crippen LogP contribution in [0.5, 0.6) is 0 Å². The minimum absolute atomic E-state index is 0.210. The molecule has 1 aliphatic rings. The highest BCUT2D eigenvalue weighted by molar-refractivity contribution is 5.70. The predicted molar refractivity (Wildman–Crippen MR) is 197 cm³/mol. The van der Waals surface area contributed by atoms with E-state index in [1.807, 2.05) is 0 Å². The van der Waals surface area contributed by atoms with Gasteiger partial charge in [0.15, 0.2) is 12.4 Å². The fourth-order valence-corrected chi connectivity index (χ4v) is 6.42. The van der Waals surface area contributed by atoms with Crippen molar-refractivity contribution in [3.05, 3.63) is 0 Å². The molecule has 1 aliphatic heterocycles. The van der Waals surface area contributed by atoms with E-state index < -0.39 is 49.4 Å². The number of hydrogen-bond donors (Lipinski definition) is 4. The van der Waals surface area contributed by atoms with E-state index in [0.717, 1.165) is 38.5 Å². The maximum absolute atomic E-state index is 12.7. The molecule has 6 atom stereocenters. The molecule has 0 aromatic carbocycles. The summed E-state index contributed by atoms with van der Waals surface area (Å²) in [6.45, 7) is 3.42. The van der Waals surface area contributed by atoms with Gasteiger partial charge in [-0.05, 0) is 12.8 Å². The third-order valence-corrected chi connectivity index (χ3v) is 9.74. The molecule has 1 heterocycles. The lowest BCUT2D eigenvalue weighted by Crippen LogP contribution is -2.59. The van der Waals surface area contributed by atoms with Crippen LogP contribution in [0.1, 0.15) is 187 Å². The van der Waals surface area contributed by atoms with E-state index in [-0.39, 0.29) is 32.0 Å². The van der Waals surface area contributed by atoms with Crippen LogP contribution < -0.4 is 0 Å². The van der Waals surface area contributed by atoms with Crippen molar-refractivity contribution in [2.24, 2.45) is 0 Å². The van der Waals surface area contributed by atoms with Crippen LogP contribution in [0.25, 0.3) is 0 Å². The SMILES string of the molecule is CCCCCCCCCCCCCCCCCC(=O)OC(COC(=O)CCCCCCCCCCCC)COC1OC(CO)C(O)C(O)C1O. The average molecular weight is 717 g/mol. The normalized spacial score (nSPS) is 21.3. The summed E-state index contributed by atoms with van der Waals surface area (Å²) in [7, 11) is 0. The molecule has 0 aliphatic carbocycles. The number of aliphatic hydroxyl groups excluding tert-OH is 4. The molecule has 0 amide bonds. The zero-order valence-electron chi connectivity index (χ0n) is 31.9. The number of aliphatic hydroxyl groups is 4. The van der Waals surface area contributed by atoms with Crippen molar-refractivity contribution in [3.63, 3.8) is 0 Å². The van der Waals surface area contributed by atoms with Crippen molar-refractivity contribution in [2.75, 3.05) is 19.8 Å². The molecule has 0 saturated carbocycles. The summed E-state index contributed by atoms with van der Waals surface area (Å²) in [6, 6.07) is 0. The maximum atomic E-state index is 12.7. The number of rotatable bonds is 34. The largest absolute Gasteiger partial charge is 0.462 e. The second-order valence-corrected chi connectivity index (χ2v) is 14.5. The van der Waals surface area contributed by atoms with E-state index >= 15 is 0 Å². The Labute approximate surface area is 304 Å². The lowest BCUT2D eigenvalue weighted by atomic mass is 9.99. The molecule has 10 nitrogen and oxygen atoms in total. The fraction of sp³-hybridized carbons (Fsp3) is 0.950. The Balaban J connectivity index is 2.35. The van der Waals surface area contributed by atoms with Crippen LogP contribution in [0.2, 0.25) is 0 Å². The van der Waals surface area contributed by atoms with Crippen LogP contribution in [-0.2, 0) is 28.5 Å². The minimum Gasteiger partial charge on any atom is -0.462 e. The van der Waals surface area contributed by atoms with Crippen molar-refractivity contribution in [1.82, 2.24) is 0 Å². The van der Waals surface area contributed by atoms with Crippen molar-refractivity contribution in [3.8, 4) is 0 Å². The van der Waals surface area contributed by atoms with Gasteiger partial charge in [-0.25, -0.2) is 0 Å². The quantitative estimate of drug-likeness (QED) is 0.0383. The lowest BCUT2D eigenvalue weighted by Gasteiger charge is -2.39. The Morgan fingerprint density at radius 2 is 0.940 bits per heavy atom. The number of esters is 2. The van der Waals surface area contributed by atoms with E-state index in [1.165, 1.54) is 116 Å². The number of hydrogen-bond acceptors (Lipinski definition) is 10. The monoisotopic (exact) mass is 717 g/mol. The standard InChI is InChI=1S/C40H76O10/c1-3-5-7-9-11-13-15-16-17-18-19-21-23-25-27-29-36(43)49-33(32-48-40-39(46)38(45)37(44)34(30-41)50-40)31-47-35(42)28-26-24-22-20-14-12-10-8-6-4-2/h33-34,37-41,44-46H,3-32H2,1-2H3. The van der Waals surface area contributed by atoms with E-state index in [2.05, 4.69) is 13.8 Å². The zero-order chi connectivity index (χ0) is 36.7. The van der Waals surface area contributed by atoms with Crippen LogP contribution in [0.15, 0.2) is 0 Å². The molecular weight excluding hydrogens is 640 g/mol. The molecule has 1 saturated heterocycles. The lowest BCUT2D eigenvalue weighted by molar-refractivity contribution is -0.305. The van der Waals surface area contributed by atoms with E-state index in [4.69, 9.17) is 18.9 Å². The Morgan fingerprint density at radius 3 is 1.36 bits per heavy atom. The molecule has 1 fully saturated rings. The van der Waals surface area contributed by atoms with Crippen molar-refractivity contribution >= 4 is 11.9 Å². The molecule has 296 valence electrons. The molecule has 50 heavy (non-hydrogen) atoms. The first-order chi connectivity index (χ1) is 24.3. The summed E-state index contributed by atoms with van der Waals surface area (Å²) in [5.74, 6) is -0.797. The summed E-state index contributed by atoms with van der Waals surface area (Å²) in [5.41, 5.74) is 0. The summed E-state index contributed by atoms with van der Waals surface area (Å²) in [4.78, 5) is 25.2. The minimum atomic E-state index is -1.59. The first kappa shape index (κ1) is 46.7. The van der Waals surface area contributed by atoms with Gasteiger partial charge >= 0.3 is 11.9 Å².